The average molecular weight is 601 g/mol. The van der Waals surface area contributed by atoms with Crippen molar-refractivity contribution in [1.82, 2.24) is 10.6 Å². The van der Waals surface area contributed by atoms with Crippen molar-refractivity contribution in [3.8, 4) is 0 Å². The van der Waals surface area contributed by atoms with Crippen molar-refractivity contribution < 1.29 is 57.6 Å². The van der Waals surface area contributed by atoms with E-state index in [-0.39, 0.29) is 31.1 Å². The van der Waals surface area contributed by atoms with Crippen LogP contribution in [-0.4, -0.2) is 83.3 Å². The van der Waals surface area contributed by atoms with Crippen LogP contribution < -0.4 is 10.6 Å². The summed E-state index contributed by atoms with van der Waals surface area (Å²) in [6.45, 7) is 11.4. The number of cyclic esters (lactones) is 4. The van der Waals surface area contributed by atoms with E-state index in [1.165, 1.54) is 13.8 Å². The molecular weight excluding hydrogens is 556 g/mol. The summed E-state index contributed by atoms with van der Waals surface area (Å²) in [5, 5.41) is 13.7. The number of unbranched alkanes of at least 4 members (excludes halogenated alkanes) is 1. The third-order valence-corrected chi connectivity index (χ3v) is 6.25. The van der Waals surface area contributed by atoms with Gasteiger partial charge in [-0.3, -0.25) is 14.4 Å². The Labute approximate surface area is 245 Å². The lowest BCUT2D eigenvalue weighted by Gasteiger charge is -2.27. The Morgan fingerprint density at radius 3 is 2.05 bits per heavy atom. The highest BCUT2D eigenvalue weighted by Crippen LogP contribution is 2.17. The number of ketones is 1. The third kappa shape index (κ3) is 12.4. The Hall–Kier alpha value is -3.71. The van der Waals surface area contributed by atoms with Gasteiger partial charge in [0.2, 0.25) is 0 Å². The molecule has 0 aromatic carbocycles. The molecule has 6 unspecified atom stereocenters. The smallest absolute Gasteiger partial charge is 0.405 e. The zero-order chi connectivity index (χ0) is 32.1. The number of hydrogen-bond donors (Lipinski definition) is 3. The van der Waals surface area contributed by atoms with Crippen LogP contribution in [0.5, 0.6) is 0 Å². The predicted molar refractivity (Wildman–Crippen MR) is 146 cm³/mol. The molecule has 0 saturated carbocycles. The minimum Gasteiger partial charge on any atom is -0.465 e. The number of nitrogens with one attached hydrogen (secondary N) is 2. The normalized spacial score (nSPS) is 27.3. The first-order valence-corrected chi connectivity index (χ1v) is 14.2. The van der Waals surface area contributed by atoms with Crippen LogP contribution in [0.4, 0.5) is 4.79 Å². The molecule has 0 aromatic rings. The van der Waals surface area contributed by atoms with E-state index in [9.17, 15) is 38.7 Å². The number of Topliss-reactive ketones (excluding diaryl/α,β-unsaturated/α-hetero) is 1. The van der Waals surface area contributed by atoms with Gasteiger partial charge in [0.1, 0.15) is 12.5 Å². The fourth-order valence-electron chi connectivity index (χ4n) is 4.09. The van der Waals surface area contributed by atoms with Crippen molar-refractivity contribution in [2.45, 2.75) is 123 Å². The summed E-state index contributed by atoms with van der Waals surface area (Å²) < 4.78 is 21.0. The van der Waals surface area contributed by atoms with Gasteiger partial charge in [-0.2, -0.15) is 0 Å². The maximum atomic E-state index is 13.2. The molecule has 0 radical (unpaired) electrons. The molecule has 0 aliphatic carbocycles. The zero-order valence-electron chi connectivity index (χ0n) is 25.3. The Morgan fingerprint density at radius 2 is 1.50 bits per heavy atom. The van der Waals surface area contributed by atoms with Gasteiger partial charge in [-0.15, -0.1) is 0 Å². The highest BCUT2D eigenvalue weighted by molar-refractivity contribution is 6.01. The molecule has 0 spiro atoms. The van der Waals surface area contributed by atoms with Crippen molar-refractivity contribution in [3.05, 3.63) is 0 Å². The first-order valence-electron chi connectivity index (χ1n) is 14.2. The lowest BCUT2D eigenvalue weighted by molar-refractivity contribution is -0.179. The van der Waals surface area contributed by atoms with Crippen LogP contribution in [0.3, 0.4) is 0 Å². The van der Waals surface area contributed by atoms with Crippen molar-refractivity contribution in [2.75, 3.05) is 0 Å². The second-order valence-electron chi connectivity index (χ2n) is 11.2. The Bertz CT molecular complexity index is 995. The van der Waals surface area contributed by atoms with Gasteiger partial charge in [0.05, 0.1) is 6.04 Å². The quantitative estimate of drug-likeness (QED) is 0.208. The van der Waals surface area contributed by atoms with E-state index in [1.807, 2.05) is 26.1 Å². The van der Waals surface area contributed by atoms with E-state index in [2.05, 4.69) is 5.32 Å². The second-order valence-corrected chi connectivity index (χ2v) is 11.2. The minimum atomic E-state index is -1.77. The molecule has 14 nitrogen and oxygen atoms in total. The lowest BCUT2D eigenvalue weighted by Crippen LogP contribution is -2.52. The highest BCUT2D eigenvalue weighted by atomic mass is 16.6. The average Bonchev–Trinajstić information content (AvgIpc) is 2.87. The first kappa shape index (κ1) is 36.3. The van der Waals surface area contributed by atoms with Crippen LogP contribution >= 0.6 is 0 Å². The Morgan fingerprint density at radius 1 is 0.881 bits per heavy atom. The number of carbonyl (C=O) groups excluding carboxylic acids is 6. The van der Waals surface area contributed by atoms with Crippen LogP contribution in [0.2, 0.25) is 0 Å². The van der Waals surface area contributed by atoms with Crippen molar-refractivity contribution in [2.24, 2.45) is 11.8 Å². The minimum absolute atomic E-state index is 0.00109. The summed E-state index contributed by atoms with van der Waals surface area (Å²) in [5.74, 6) is -6.14. The molecule has 0 bridgehead atoms. The zero-order valence-corrected chi connectivity index (χ0v) is 25.3. The van der Waals surface area contributed by atoms with Crippen molar-refractivity contribution >= 4 is 41.7 Å². The number of carboxylic acid groups (broad SMARTS) is 1. The molecule has 42 heavy (non-hydrogen) atoms. The topological polar surface area (TPSA) is 201 Å². The summed E-state index contributed by atoms with van der Waals surface area (Å²) in [4.78, 5) is 89.1. The number of ether oxygens (including phenoxy) is 4. The van der Waals surface area contributed by atoms with E-state index < -0.39 is 84.6 Å². The van der Waals surface area contributed by atoms with Crippen LogP contribution in [-0.2, 0) is 47.7 Å². The van der Waals surface area contributed by atoms with Crippen molar-refractivity contribution in [3.63, 3.8) is 0 Å². The molecule has 1 saturated heterocycles. The molecule has 1 rings (SSSR count). The van der Waals surface area contributed by atoms with Crippen LogP contribution in [0, 0.1) is 11.8 Å². The maximum absolute atomic E-state index is 13.2. The van der Waals surface area contributed by atoms with Gasteiger partial charge in [0.25, 0.3) is 5.91 Å². The van der Waals surface area contributed by atoms with E-state index in [4.69, 9.17) is 18.9 Å². The first-order chi connectivity index (χ1) is 19.5. The molecule has 1 aliphatic rings. The highest BCUT2D eigenvalue weighted by Gasteiger charge is 2.38. The van der Waals surface area contributed by atoms with Gasteiger partial charge in [-0.05, 0) is 51.4 Å². The number of amides is 2. The molecule has 1 heterocycles. The second kappa shape index (κ2) is 17.3. The predicted octanol–water partition coefficient (Wildman–Crippen LogP) is 2.05. The fourth-order valence-corrected chi connectivity index (χ4v) is 4.09. The Balaban J connectivity index is 3.50. The number of hydrogen-bond acceptors (Lipinski definition) is 11. The monoisotopic (exact) mass is 600 g/mol. The van der Waals surface area contributed by atoms with E-state index in [1.54, 1.807) is 13.8 Å². The molecule has 14 heteroatoms. The van der Waals surface area contributed by atoms with E-state index >= 15 is 0 Å². The SMILES string of the molecule is CCCCC1OC(=O)C(C)OC(=O)C(NC(=O)O)C(C)OC(=O)C(CC(C)C)OC(=O)CC(=O)C(CC(C)C)NC1=O. The number of esters is 4. The Kier molecular flexibility index (Phi) is 15.0. The summed E-state index contributed by atoms with van der Waals surface area (Å²) in [5.41, 5.74) is 0. The fraction of sp³-hybridized carbons (Fsp3) is 0.750. The third-order valence-electron chi connectivity index (χ3n) is 6.25. The van der Waals surface area contributed by atoms with Crippen LogP contribution in [0.1, 0.15) is 87.0 Å². The summed E-state index contributed by atoms with van der Waals surface area (Å²) in [7, 11) is 0. The summed E-state index contributed by atoms with van der Waals surface area (Å²) >= 11 is 0. The molecule has 0 aromatic heterocycles. The van der Waals surface area contributed by atoms with Crippen molar-refractivity contribution in [1.29, 1.82) is 0 Å². The molecule has 3 N–H and O–H groups in total. The van der Waals surface area contributed by atoms with Gasteiger partial charge >= 0.3 is 30.0 Å². The molecule has 238 valence electrons. The van der Waals surface area contributed by atoms with Gasteiger partial charge in [0.15, 0.2) is 30.1 Å². The van der Waals surface area contributed by atoms with E-state index in [0.717, 1.165) is 0 Å². The molecule has 6 atom stereocenters. The molecule has 1 aliphatic heterocycles. The largest absolute Gasteiger partial charge is 0.465 e. The van der Waals surface area contributed by atoms with E-state index in [0.29, 0.717) is 12.8 Å². The molecule has 2 amide bonds. The number of rotatable bonds is 8. The molecule has 1 fully saturated rings. The van der Waals surface area contributed by atoms with Gasteiger partial charge < -0.3 is 34.7 Å². The van der Waals surface area contributed by atoms with Gasteiger partial charge in [-0.1, -0.05) is 41.0 Å². The summed E-state index contributed by atoms with van der Waals surface area (Å²) in [6, 6.07) is -2.88. The summed E-state index contributed by atoms with van der Waals surface area (Å²) in [6.07, 6.45) is -6.83. The van der Waals surface area contributed by atoms with Crippen LogP contribution in [0.15, 0.2) is 0 Å². The van der Waals surface area contributed by atoms with Crippen LogP contribution in [0.25, 0.3) is 0 Å². The standard InChI is InChI=1S/C28H44N2O12/c1-8-9-10-20-24(33)29-18(11-14(2)3)19(31)13-22(32)41-21(12-15(4)5)26(35)39-16(6)23(30-28(37)38)27(36)40-17(7)25(34)42-20/h14-18,20-21,23,30H,8-13H2,1-7H3,(H,29,33)(H,37,38). The molecular formula is C28H44N2O12. The lowest BCUT2D eigenvalue weighted by atomic mass is 9.98. The maximum Gasteiger partial charge on any atom is 0.405 e. The number of carbonyl (C=O) groups is 7. The van der Waals surface area contributed by atoms with Gasteiger partial charge in [-0.25, -0.2) is 19.2 Å². The van der Waals surface area contributed by atoms with Gasteiger partial charge in [0, 0.05) is 0 Å².